The second-order valence-electron chi connectivity index (χ2n) is 6.42. The molecule has 0 bridgehead atoms. The van der Waals surface area contributed by atoms with Crippen molar-refractivity contribution < 1.29 is 19.4 Å². The van der Waals surface area contributed by atoms with Crippen LogP contribution < -0.4 is 5.32 Å². The molecular weight excluding hydrogens is 295 g/mol. The van der Waals surface area contributed by atoms with E-state index in [-0.39, 0.29) is 6.42 Å². The predicted molar refractivity (Wildman–Crippen MR) is 88.4 cm³/mol. The maximum absolute atomic E-state index is 11.8. The van der Waals surface area contributed by atoms with E-state index >= 15 is 0 Å². The molecule has 122 valence electrons. The molecule has 0 aromatic heterocycles. The van der Waals surface area contributed by atoms with E-state index in [0.717, 1.165) is 16.3 Å². The summed E-state index contributed by atoms with van der Waals surface area (Å²) in [4.78, 5) is 23.2. The lowest BCUT2D eigenvalue weighted by atomic mass is 10.0. The summed E-state index contributed by atoms with van der Waals surface area (Å²) in [6.45, 7) is 5.18. The van der Waals surface area contributed by atoms with Crippen molar-refractivity contribution in [3.05, 3.63) is 48.0 Å². The van der Waals surface area contributed by atoms with Crippen molar-refractivity contribution in [2.24, 2.45) is 0 Å². The summed E-state index contributed by atoms with van der Waals surface area (Å²) >= 11 is 0. The van der Waals surface area contributed by atoms with E-state index in [1.165, 1.54) is 0 Å². The average molecular weight is 316 g/mol. The van der Waals surface area contributed by atoms with Crippen LogP contribution in [0.4, 0.5) is 4.79 Å². The smallest absolute Gasteiger partial charge is 0.408 e. The Kier molecular flexibility index (Phi) is 4.89. The molecule has 5 heteroatoms. The van der Waals surface area contributed by atoms with E-state index in [2.05, 4.69) is 5.32 Å². The number of carbonyl (C=O) groups is 2. The van der Waals surface area contributed by atoms with Crippen LogP contribution in [0.1, 0.15) is 26.3 Å². The Labute approximate surface area is 135 Å². The second-order valence-corrected chi connectivity index (χ2v) is 6.42. The average Bonchev–Trinajstić information content (AvgIpc) is 2.44. The van der Waals surface area contributed by atoms with Crippen molar-refractivity contribution in [2.75, 3.05) is 0 Å². The van der Waals surface area contributed by atoms with Gasteiger partial charge < -0.3 is 15.2 Å². The summed E-state index contributed by atoms with van der Waals surface area (Å²) in [5, 5.41) is 13.9. The van der Waals surface area contributed by atoms with E-state index in [1.54, 1.807) is 20.8 Å². The fourth-order valence-electron chi connectivity index (χ4n) is 2.25. The van der Waals surface area contributed by atoms with Crippen molar-refractivity contribution in [3.8, 4) is 0 Å². The predicted octanol–water partition coefficient (Wildman–Crippen LogP) is 3.36. The highest BCUT2D eigenvalue weighted by Crippen LogP contribution is 2.17. The quantitative estimate of drug-likeness (QED) is 0.848. The maximum Gasteiger partial charge on any atom is 0.408 e. The van der Waals surface area contributed by atoms with Crippen molar-refractivity contribution in [2.45, 2.75) is 38.8 Å². The van der Waals surface area contributed by atoms with Gasteiger partial charge in [0.2, 0.25) is 0 Å². The first kappa shape index (κ1) is 16.8. The van der Waals surface area contributed by atoms with Gasteiger partial charge in [0.25, 0.3) is 0 Å². The van der Waals surface area contributed by atoms with Gasteiger partial charge in [-0.3, -0.25) is 0 Å². The lowest BCUT2D eigenvalue weighted by molar-refractivity contribution is -0.139. The minimum atomic E-state index is -1.09. The Morgan fingerprint density at radius 3 is 2.39 bits per heavy atom. The van der Waals surface area contributed by atoms with Crippen LogP contribution in [0.3, 0.4) is 0 Å². The van der Waals surface area contributed by atoms with Crippen LogP contribution in [0.2, 0.25) is 0 Å². The lowest BCUT2D eigenvalue weighted by Crippen LogP contribution is -2.44. The first-order valence-corrected chi connectivity index (χ1v) is 7.44. The standard InChI is InChI=1S/C18H21NO4/c1-18(2,3)23-17(22)19-15(16(20)21)11-12-8-9-13-6-4-5-7-14(13)10-12/h4-10,15H,11H2,1-3H3,(H,19,22)(H,20,21)/i16+1. The van der Waals surface area contributed by atoms with Crippen LogP contribution in [-0.4, -0.2) is 28.8 Å². The summed E-state index contributed by atoms with van der Waals surface area (Å²) in [6.07, 6.45) is -0.537. The molecule has 1 amide bonds. The highest BCUT2D eigenvalue weighted by Gasteiger charge is 2.24. The van der Waals surface area contributed by atoms with Gasteiger partial charge >= 0.3 is 12.1 Å². The number of benzene rings is 2. The number of fused-ring (bicyclic) bond motifs is 1. The second kappa shape index (κ2) is 6.69. The first-order valence-electron chi connectivity index (χ1n) is 7.44. The largest absolute Gasteiger partial charge is 0.480 e. The molecule has 0 radical (unpaired) electrons. The molecular formula is C18H21NO4. The van der Waals surface area contributed by atoms with Crippen molar-refractivity contribution >= 4 is 22.8 Å². The van der Waals surface area contributed by atoms with E-state index in [0.29, 0.717) is 0 Å². The van der Waals surface area contributed by atoms with Crippen molar-refractivity contribution in [1.29, 1.82) is 0 Å². The van der Waals surface area contributed by atoms with Gasteiger partial charge in [0, 0.05) is 6.42 Å². The van der Waals surface area contributed by atoms with Gasteiger partial charge in [-0.15, -0.1) is 0 Å². The number of carboxylic acid groups (broad SMARTS) is 1. The number of hydrogen-bond donors (Lipinski definition) is 2. The van der Waals surface area contributed by atoms with Gasteiger partial charge in [0.05, 0.1) is 0 Å². The number of rotatable bonds is 4. The van der Waals surface area contributed by atoms with Crippen LogP contribution >= 0.6 is 0 Å². The number of ether oxygens (including phenoxy) is 1. The molecule has 0 aliphatic carbocycles. The monoisotopic (exact) mass is 316 g/mol. The zero-order valence-electron chi connectivity index (χ0n) is 13.5. The number of hydrogen-bond acceptors (Lipinski definition) is 3. The molecule has 23 heavy (non-hydrogen) atoms. The molecule has 2 rings (SSSR count). The molecule has 5 nitrogen and oxygen atoms in total. The first-order chi connectivity index (χ1) is 10.7. The lowest BCUT2D eigenvalue weighted by Gasteiger charge is -2.22. The molecule has 0 saturated carbocycles. The van der Waals surface area contributed by atoms with E-state index in [9.17, 15) is 14.7 Å². The van der Waals surface area contributed by atoms with Crippen LogP contribution in [-0.2, 0) is 16.0 Å². The normalized spacial score (nSPS) is 12.7. The maximum atomic E-state index is 11.8. The molecule has 2 aromatic carbocycles. The Morgan fingerprint density at radius 2 is 1.78 bits per heavy atom. The topological polar surface area (TPSA) is 75.6 Å². The zero-order chi connectivity index (χ0) is 17.0. The third kappa shape index (κ3) is 4.98. The number of aliphatic carboxylic acids is 1. The highest BCUT2D eigenvalue weighted by molar-refractivity contribution is 5.84. The van der Waals surface area contributed by atoms with Gasteiger partial charge in [0.1, 0.15) is 11.6 Å². The number of carboxylic acids is 1. The van der Waals surface area contributed by atoms with E-state index < -0.39 is 23.7 Å². The fourth-order valence-corrected chi connectivity index (χ4v) is 2.25. The molecule has 1 atom stereocenters. The number of amides is 1. The highest BCUT2D eigenvalue weighted by atomic mass is 16.6. The third-order valence-corrected chi connectivity index (χ3v) is 3.24. The summed E-state index contributed by atoms with van der Waals surface area (Å²) < 4.78 is 5.11. The zero-order valence-corrected chi connectivity index (χ0v) is 13.5. The molecule has 2 aromatic rings. The van der Waals surface area contributed by atoms with Crippen LogP contribution in [0, 0.1) is 0 Å². The molecule has 0 fully saturated rings. The number of carbonyl (C=O) groups excluding carboxylic acids is 1. The summed E-state index contributed by atoms with van der Waals surface area (Å²) in [7, 11) is 0. The Morgan fingerprint density at radius 1 is 1.13 bits per heavy atom. The van der Waals surface area contributed by atoms with Crippen LogP contribution in [0.15, 0.2) is 42.5 Å². The summed E-state index contributed by atoms with van der Waals surface area (Å²) in [6, 6.07) is 12.5. The number of alkyl carbamates (subject to hydrolysis) is 1. The van der Waals surface area contributed by atoms with Gasteiger partial charge in [0.15, 0.2) is 0 Å². The van der Waals surface area contributed by atoms with Gasteiger partial charge in [-0.1, -0.05) is 42.5 Å². The third-order valence-electron chi connectivity index (χ3n) is 3.24. The fraction of sp³-hybridized carbons (Fsp3) is 0.333. The number of nitrogens with one attached hydrogen (secondary N) is 1. The van der Waals surface area contributed by atoms with Crippen molar-refractivity contribution in [3.63, 3.8) is 0 Å². The SMILES string of the molecule is CC(C)(C)OC(=O)NC(Cc1ccc2ccccc2c1)[13C](=O)O. The van der Waals surface area contributed by atoms with Gasteiger partial charge in [-0.25, -0.2) is 9.59 Å². The van der Waals surface area contributed by atoms with E-state index in [1.807, 2.05) is 42.5 Å². The Bertz CT molecular complexity index is 718. The minimum Gasteiger partial charge on any atom is -0.480 e. The van der Waals surface area contributed by atoms with Crippen molar-refractivity contribution in [1.82, 2.24) is 5.32 Å². The molecule has 0 heterocycles. The summed E-state index contributed by atoms with van der Waals surface area (Å²) in [5.74, 6) is -1.09. The van der Waals surface area contributed by atoms with Crippen LogP contribution in [0.5, 0.6) is 0 Å². The van der Waals surface area contributed by atoms with Gasteiger partial charge in [-0.2, -0.15) is 0 Å². The van der Waals surface area contributed by atoms with Crippen LogP contribution in [0.25, 0.3) is 10.8 Å². The Hall–Kier alpha value is -2.56. The molecule has 0 spiro atoms. The van der Waals surface area contributed by atoms with Gasteiger partial charge in [-0.05, 0) is 37.1 Å². The minimum absolute atomic E-state index is 0.194. The summed E-state index contributed by atoms with van der Waals surface area (Å²) in [5.41, 5.74) is 0.169. The molecule has 1 unspecified atom stereocenters. The Balaban J connectivity index is 2.11. The molecule has 0 aliphatic heterocycles. The van der Waals surface area contributed by atoms with E-state index in [4.69, 9.17) is 4.74 Å². The molecule has 2 N–H and O–H groups in total. The molecule has 0 saturated heterocycles. The molecule has 0 aliphatic rings.